The Hall–Kier alpha value is -0.760. The number of nitrogens with two attached hydrogens (primary N) is 1. The third-order valence-corrected chi connectivity index (χ3v) is 10.6. The van der Waals surface area contributed by atoms with Gasteiger partial charge in [0.25, 0.3) is 0 Å². The van der Waals surface area contributed by atoms with Crippen LogP contribution in [0, 0.1) is 0 Å². The maximum atomic E-state index is 12.6. The van der Waals surface area contributed by atoms with Gasteiger partial charge in [0.1, 0.15) is 6.10 Å². The van der Waals surface area contributed by atoms with Crippen molar-refractivity contribution in [2.75, 3.05) is 33.0 Å². The number of rotatable bonds is 43. The predicted molar refractivity (Wildman–Crippen MR) is 220 cm³/mol. The van der Waals surface area contributed by atoms with Gasteiger partial charge >= 0.3 is 13.8 Å². The minimum absolute atomic E-state index is 0.0935. The number of esters is 1. The minimum Gasteiger partial charge on any atom is -0.457 e. The molecular formula is C43H86NO7P. The molecule has 0 saturated carbocycles. The Morgan fingerprint density at radius 3 is 1.48 bits per heavy atom. The van der Waals surface area contributed by atoms with E-state index >= 15 is 0 Å². The average Bonchev–Trinajstić information content (AvgIpc) is 3.13. The van der Waals surface area contributed by atoms with Gasteiger partial charge in [-0.15, -0.1) is 0 Å². The number of allylic oxidation sites excluding steroid dienone is 2. The van der Waals surface area contributed by atoms with Crippen LogP contribution in [-0.2, 0) is 27.9 Å². The monoisotopic (exact) mass is 760 g/mol. The molecule has 310 valence electrons. The van der Waals surface area contributed by atoms with Gasteiger partial charge in [0, 0.05) is 19.6 Å². The highest BCUT2D eigenvalue weighted by Gasteiger charge is 2.25. The molecule has 3 N–H and O–H groups in total. The molecule has 0 heterocycles. The quantitative estimate of drug-likeness (QED) is 0.0273. The average molecular weight is 760 g/mol. The van der Waals surface area contributed by atoms with Crippen LogP contribution in [0.4, 0.5) is 0 Å². The summed E-state index contributed by atoms with van der Waals surface area (Å²) in [7, 11) is -4.27. The Labute approximate surface area is 322 Å². The fourth-order valence-electron chi connectivity index (χ4n) is 6.41. The Balaban J connectivity index is 3.89. The number of carbonyl (C=O) groups excluding carboxylic acids is 1. The molecule has 0 aliphatic rings. The first-order valence-corrected chi connectivity index (χ1v) is 23.7. The Bertz CT molecular complexity index is 812. The molecule has 0 aromatic carbocycles. The Morgan fingerprint density at radius 2 is 1.00 bits per heavy atom. The number of hydrogen-bond acceptors (Lipinski definition) is 7. The molecule has 0 rings (SSSR count). The molecule has 8 nitrogen and oxygen atoms in total. The van der Waals surface area contributed by atoms with E-state index < -0.39 is 13.9 Å². The van der Waals surface area contributed by atoms with Gasteiger partial charge in [-0.1, -0.05) is 193 Å². The molecule has 0 aromatic rings. The summed E-state index contributed by atoms with van der Waals surface area (Å²) in [5.41, 5.74) is 5.36. The van der Waals surface area contributed by atoms with Gasteiger partial charge in [-0.2, -0.15) is 0 Å². The SMILES string of the molecule is CCC/C=C\CCCCCCCCOCC(COP(=O)(O)OCCN)OC(=O)CCCCCCCCCCCCCCCCCCCCCCCC. The molecule has 0 amide bonds. The zero-order valence-corrected chi connectivity index (χ0v) is 35.2. The predicted octanol–water partition coefficient (Wildman–Crippen LogP) is 13.1. The third kappa shape index (κ3) is 40.4. The van der Waals surface area contributed by atoms with Crippen LogP contribution in [0.25, 0.3) is 0 Å². The zero-order chi connectivity index (χ0) is 38.1. The lowest BCUT2D eigenvalue weighted by atomic mass is 10.0. The van der Waals surface area contributed by atoms with Crippen LogP contribution in [0.1, 0.15) is 219 Å². The van der Waals surface area contributed by atoms with Crippen LogP contribution in [0.3, 0.4) is 0 Å². The molecule has 0 fully saturated rings. The Kier molecular flexibility index (Phi) is 40.8. The largest absolute Gasteiger partial charge is 0.472 e. The second-order valence-corrected chi connectivity index (χ2v) is 16.4. The van der Waals surface area contributed by atoms with Gasteiger partial charge < -0.3 is 20.1 Å². The van der Waals surface area contributed by atoms with Crippen LogP contribution in [0.15, 0.2) is 12.2 Å². The summed E-state index contributed by atoms with van der Waals surface area (Å²) in [6.07, 6.45) is 43.8. The van der Waals surface area contributed by atoms with Gasteiger partial charge in [0.15, 0.2) is 0 Å². The van der Waals surface area contributed by atoms with Crippen molar-refractivity contribution in [3.63, 3.8) is 0 Å². The third-order valence-electron chi connectivity index (χ3n) is 9.66. The van der Waals surface area contributed by atoms with E-state index in [4.69, 9.17) is 24.3 Å². The van der Waals surface area contributed by atoms with E-state index in [0.717, 1.165) is 32.1 Å². The summed E-state index contributed by atoms with van der Waals surface area (Å²) in [6.45, 7) is 4.89. The van der Waals surface area contributed by atoms with E-state index in [9.17, 15) is 14.3 Å². The van der Waals surface area contributed by atoms with E-state index in [0.29, 0.717) is 13.0 Å². The number of phosphoric ester groups is 1. The molecular weight excluding hydrogens is 673 g/mol. The van der Waals surface area contributed by atoms with E-state index in [-0.39, 0.29) is 32.3 Å². The highest BCUT2D eigenvalue weighted by molar-refractivity contribution is 7.47. The first-order valence-electron chi connectivity index (χ1n) is 22.2. The molecule has 0 aromatic heterocycles. The standard InChI is InChI=1S/C43H86NO7P/c1-3-5-7-9-11-13-15-16-17-18-19-20-21-22-23-24-25-26-28-30-32-34-36-43(45)51-42(41-50-52(46,47)49-39-37-44)40-48-38-35-33-31-29-27-14-12-10-8-6-4-2/h8,10,42H,3-7,9,11-41,44H2,1-2H3,(H,46,47)/b10-8-. The van der Waals surface area contributed by atoms with Crippen LogP contribution < -0.4 is 5.73 Å². The van der Waals surface area contributed by atoms with Crippen molar-refractivity contribution in [1.82, 2.24) is 0 Å². The van der Waals surface area contributed by atoms with Gasteiger partial charge in [-0.05, 0) is 32.1 Å². The van der Waals surface area contributed by atoms with E-state index in [1.807, 2.05) is 0 Å². The van der Waals surface area contributed by atoms with Gasteiger partial charge in [0.2, 0.25) is 0 Å². The smallest absolute Gasteiger partial charge is 0.457 e. The molecule has 2 unspecified atom stereocenters. The van der Waals surface area contributed by atoms with Crippen molar-refractivity contribution < 1.29 is 32.8 Å². The van der Waals surface area contributed by atoms with Crippen LogP contribution in [0.5, 0.6) is 0 Å². The van der Waals surface area contributed by atoms with Crippen molar-refractivity contribution in [3.8, 4) is 0 Å². The topological polar surface area (TPSA) is 117 Å². The number of carbonyl (C=O) groups is 1. The Morgan fingerprint density at radius 1 is 0.558 bits per heavy atom. The molecule has 0 spiro atoms. The fourth-order valence-corrected chi connectivity index (χ4v) is 7.18. The minimum atomic E-state index is -4.27. The maximum absolute atomic E-state index is 12.6. The highest BCUT2D eigenvalue weighted by Crippen LogP contribution is 2.43. The van der Waals surface area contributed by atoms with Crippen LogP contribution in [0.2, 0.25) is 0 Å². The molecule has 0 saturated heterocycles. The number of ether oxygens (including phenoxy) is 2. The maximum Gasteiger partial charge on any atom is 0.472 e. The molecule has 2 atom stereocenters. The van der Waals surface area contributed by atoms with Crippen molar-refractivity contribution in [2.24, 2.45) is 5.73 Å². The summed E-state index contributed by atoms with van der Waals surface area (Å²) in [4.78, 5) is 22.5. The summed E-state index contributed by atoms with van der Waals surface area (Å²) >= 11 is 0. The van der Waals surface area contributed by atoms with Gasteiger partial charge in [-0.3, -0.25) is 13.8 Å². The molecule has 0 aliphatic heterocycles. The molecule has 0 aliphatic carbocycles. The lowest BCUT2D eigenvalue weighted by Crippen LogP contribution is -2.28. The van der Waals surface area contributed by atoms with E-state index in [1.165, 1.54) is 167 Å². The van der Waals surface area contributed by atoms with Gasteiger partial charge in [0.05, 0.1) is 19.8 Å². The summed E-state index contributed by atoms with van der Waals surface area (Å²) < 4.78 is 33.4. The summed E-state index contributed by atoms with van der Waals surface area (Å²) in [6, 6.07) is 0. The number of hydrogen-bond donors (Lipinski definition) is 2. The first kappa shape index (κ1) is 51.2. The second-order valence-electron chi connectivity index (χ2n) is 14.9. The zero-order valence-electron chi connectivity index (χ0n) is 34.3. The van der Waals surface area contributed by atoms with Crippen molar-refractivity contribution in [1.29, 1.82) is 0 Å². The van der Waals surface area contributed by atoms with Crippen molar-refractivity contribution in [3.05, 3.63) is 12.2 Å². The molecule has 0 bridgehead atoms. The summed E-state index contributed by atoms with van der Waals surface area (Å²) in [5, 5.41) is 0. The summed E-state index contributed by atoms with van der Waals surface area (Å²) in [5.74, 6) is -0.328. The van der Waals surface area contributed by atoms with E-state index in [1.54, 1.807) is 0 Å². The normalized spacial score (nSPS) is 13.5. The number of phosphoric acid groups is 1. The molecule has 52 heavy (non-hydrogen) atoms. The van der Waals surface area contributed by atoms with Crippen LogP contribution in [-0.4, -0.2) is 49.9 Å². The first-order chi connectivity index (χ1) is 25.4. The second kappa shape index (κ2) is 41.4. The molecule has 9 heteroatoms. The lowest BCUT2D eigenvalue weighted by molar-refractivity contribution is -0.154. The van der Waals surface area contributed by atoms with Crippen molar-refractivity contribution in [2.45, 2.75) is 225 Å². The van der Waals surface area contributed by atoms with Gasteiger partial charge in [-0.25, -0.2) is 4.57 Å². The van der Waals surface area contributed by atoms with Crippen molar-refractivity contribution >= 4 is 13.8 Å². The highest BCUT2D eigenvalue weighted by atomic mass is 31.2. The van der Waals surface area contributed by atoms with E-state index in [2.05, 4.69) is 26.0 Å². The molecule has 0 radical (unpaired) electrons. The van der Waals surface area contributed by atoms with Crippen LogP contribution >= 0.6 is 7.82 Å². The lowest BCUT2D eigenvalue weighted by Gasteiger charge is -2.20. The fraction of sp³-hybridized carbons (Fsp3) is 0.930. The number of unbranched alkanes of at least 4 members (excludes halogenated alkanes) is 28.